The highest BCUT2D eigenvalue weighted by Gasteiger charge is 2.23. The fraction of sp³-hybridized carbons (Fsp3) is 0.571. The lowest BCUT2D eigenvalue weighted by molar-refractivity contribution is 0.249. The van der Waals surface area contributed by atoms with Gasteiger partial charge >= 0.3 is 0 Å². The Morgan fingerprint density at radius 3 is 2.50 bits per heavy atom. The standard InChI is InChI=1S/C14H20Cl2N2/c1-17(2)12-6-8-18(9-7-12)14-11(10-15)4-3-5-13(14)16/h3-5,12H,6-10H2,1-2H3. The van der Waals surface area contributed by atoms with Crippen molar-refractivity contribution in [3.05, 3.63) is 28.8 Å². The summed E-state index contributed by atoms with van der Waals surface area (Å²) in [5, 5.41) is 0.816. The number of piperidine rings is 1. The van der Waals surface area contributed by atoms with E-state index >= 15 is 0 Å². The van der Waals surface area contributed by atoms with E-state index in [0.29, 0.717) is 11.9 Å². The van der Waals surface area contributed by atoms with Crippen molar-refractivity contribution >= 4 is 28.9 Å². The number of benzene rings is 1. The minimum Gasteiger partial charge on any atom is -0.370 e. The molecule has 1 heterocycles. The first kappa shape index (κ1) is 14.0. The Morgan fingerprint density at radius 1 is 1.28 bits per heavy atom. The van der Waals surface area contributed by atoms with E-state index in [1.807, 2.05) is 12.1 Å². The normalized spacial score (nSPS) is 17.5. The molecule has 2 rings (SSSR count). The van der Waals surface area contributed by atoms with Gasteiger partial charge in [-0.3, -0.25) is 0 Å². The van der Waals surface area contributed by atoms with Crippen LogP contribution in [0.1, 0.15) is 18.4 Å². The van der Waals surface area contributed by atoms with Crippen LogP contribution in [0.4, 0.5) is 5.69 Å². The quantitative estimate of drug-likeness (QED) is 0.784. The van der Waals surface area contributed by atoms with Crippen molar-refractivity contribution < 1.29 is 0 Å². The largest absolute Gasteiger partial charge is 0.370 e. The summed E-state index contributed by atoms with van der Waals surface area (Å²) in [5.74, 6) is 0.517. The summed E-state index contributed by atoms with van der Waals surface area (Å²) in [4.78, 5) is 4.69. The van der Waals surface area contributed by atoms with Crippen LogP contribution < -0.4 is 4.90 Å². The summed E-state index contributed by atoms with van der Waals surface area (Å²) in [5.41, 5.74) is 2.26. The van der Waals surface area contributed by atoms with Crippen molar-refractivity contribution in [2.24, 2.45) is 0 Å². The Morgan fingerprint density at radius 2 is 1.94 bits per heavy atom. The van der Waals surface area contributed by atoms with Crippen molar-refractivity contribution in [3.63, 3.8) is 0 Å². The number of anilines is 1. The molecule has 1 aliphatic heterocycles. The van der Waals surface area contributed by atoms with Crippen molar-refractivity contribution in [1.82, 2.24) is 4.90 Å². The van der Waals surface area contributed by atoms with Crippen molar-refractivity contribution in [3.8, 4) is 0 Å². The molecule has 0 unspecified atom stereocenters. The van der Waals surface area contributed by atoms with Crippen LogP contribution >= 0.6 is 23.2 Å². The lowest BCUT2D eigenvalue weighted by Crippen LogP contribution is -2.42. The van der Waals surface area contributed by atoms with E-state index in [-0.39, 0.29) is 0 Å². The monoisotopic (exact) mass is 286 g/mol. The van der Waals surface area contributed by atoms with E-state index in [0.717, 1.165) is 29.4 Å². The molecule has 0 saturated carbocycles. The summed E-state index contributed by atoms with van der Waals surface area (Å²) < 4.78 is 0. The summed E-state index contributed by atoms with van der Waals surface area (Å²) in [6.45, 7) is 2.10. The molecule has 1 aromatic carbocycles. The van der Waals surface area contributed by atoms with Gasteiger partial charge in [0, 0.05) is 25.0 Å². The SMILES string of the molecule is CN(C)C1CCN(c2c(Cl)cccc2CCl)CC1. The lowest BCUT2D eigenvalue weighted by Gasteiger charge is -2.37. The van der Waals surface area contributed by atoms with Gasteiger partial charge < -0.3 is 9.80 Å². The first-order valence-corrected chi connectivity index (χ1v) is 7.29. The molecule has 2 nitrogen and oxygen atoms in total. The molecule has 1 aliphatic rings. The second-order valence-corrected chi connectivity index (χ2v) is 5.74. The van der Waals surface area contributed by atoms with Crippen LogP contribution in [0.5, 0.6) is 0 Å². The number of hydrogen-bond donors (Lipinski definition) is 0. The van der Waals surface area contributed by atoms with E-state index in [1.165, 1.54) is 12.8 Å². The summed E-state index contributed by atoms with van der Waals surface area (Å²) >= 11 is 12.3. The third-order valence-electron chi connectivity index (χ3n) is 3.73. The summed E-state index contributed by atoms with van der Waals surface area (Å²) in [7, 11) is 4.31. The van der Waals surface area contributed by atoms with Gasteiger partial charge in [0.05, 0.1) is 10.7 Å². The average Bonchev–Trinajstić information content (AvgIpc) is 2.38. The molecule has 1 saturated heterocycles. The van der Waals surface area contributed by atoms with Crippen LogP contribution in [-0.2, 0) is 5.88 Å². The molecule has 1 fully saturated rings. The van der Waals surface area contributed by atoms with Gasteiger partial charge in [0.1, 0.15) is 0 Å². The predicted octanol–water partition coefficient (Wildman–Crippen LogP) is 3.61. The molecule has 0 radical (unpaired) electrons. The molecular weight excluding hydrogens is 267 g/mol. The third kappa shape index (κ3) is 2.93. The third-order valence-corrected chi connectivity index (χ3v) is 4.32. The molecule has 0 atom stereocenters. The lowest BCUT2D eigenvalue weighted by atomic mass is 10.0. The highest BCUT2D eigenvalue weighted by Crippen LogP contribution is 2.33. The molecule has 0 amide bonds. The van der Waals surface area contributed by atoms with E-state index < -0.39 is 0 Å². The highest BCUT2D eigenvalue weighted by atomic mass is 35.5. The number of para-hydroxylation sites is 1. The van der Waals surface area contributed by atoms with Gasteiger partial charge in [-0.05, 0) is 38.6 Å². The molecule has 0 N–H and O–H groups in total. The maximum absolute atomic E-state index is 6.33. The topological polar surface area (TPSA) is 6.48 Å². The summed E-state index contributed by atoms with van der Waals surface area (Å²) in [6, 6.07) is 6.66. The van der Waals surface area contributed by atoms with E-state index in [4.69, 9.17) is 23.2 Å². The van der Waals surface area contributed by atoms with Crippen LogP contribution in [0.15, 0.2) is 18.2 Å². The van der Waals surface area contributed by atoms with Crippen LogP contribution in [0, 0.1) is 0 Å². The molecule has 0 aromatic heterocycles. The Bertz CT molecular complexity index is 399. The van der Waals surface area contributed by atoms with Gasteiger partial charge in [0.2, 0.25) is 0 Å². The number of nitrogens with zero attached hydrogens (tertiary/aromatic N) is 2. The molecule has 0 spiro atoms. The van der Waals surface area contributed by atoms with Crippen LogP contribution in [0.3, 0.4) is 0 Å². The van der Waals surface area contributed by atoms with Gasteiger partial charge in [0.25, 0.3) is 0 Å². The Balaban J connectivity index is 2.14. The van der Waals surface area contributed by atoms with Crippen LogP contribution in [-0.4, -0.2) is 38.1 Å². The zero-order valence-corrected chi connectivity index (χ0v) is 12.5. The molecule has 18 heavy (non-hydrogen) atoms. The van der Waals surface area contributed by atoms with Gasteiger partial charge in [-0.15, -0.1) is 11.6 Å². The van der Waals surface area contributed by atoms with E-state index in [9.17, 15) is 0 Å². The van der Waals surface area contributed by atoms with Crippen molar-refractivity contribution in [1.29, 1.82) is 0 Å². The molecule has 4 heteroatoms. The van der Waals surface area contributed by atoms with Gasteiger partial charge in [-0.25, -0.2) is 0 Å². The van der Waals surface area contributed by atoms with Gasteiger partial charge in [0.15, 0.2) is 0 Å². The fourth-order valence-electron chi connectivity index (χ4n) is 2.63. The first-order valence-electron chi connectivity index (χ1n) is 6.38. The number of hydrogen-bond acceptors (Lipinski definition) is 2. The van der Waals surface area contributed by atoms with E-state index in [1.54, 1.807) is 0 Å². The fourth-order valence-corrected chi connectivity index (χ4v) is 3.16. The number of alkyl halides is 1. The highest BCUT2D eigenvalue weighted by molar-refractivity contribution is 6.33. The molecule has 0 aliphatic carbocycles. The Labute approximate surface area is 119 Å². The predicted molar refractivity (Wildman–Crippen MR) is 79.9 cm³/mol. The van der Waals surface area contributed by atoms with Crippen molar-refractivity contribution in [2.75, 3.05) is 32.1 Å². The minimum absolute atomic E-state index is 0.517. The number of halogens is 2. The smallest absolute Gasteiger partial charge is 0.0642 e. The van der Waals surface area contributed by atoms with Gasteiger partial charge in [-0.1, -0.05) is 23.7 Å². The molecule has 1 aromatic rings. The second-order valence-electron chi connectivity index (χ2n) is 5.06. The van der Waals surface area contributed by atoms with Crippen molar-refractivity contribution in [2.45, 2.75) is 24.8 Å². The molecular formula is C14H20Cl2N2. The maximum Gasteiger partial charge on any atom is 0.0642 e. The second kappa shape index (κ2) is 6.14. The van der Waals surface area contributed by atoms with Gasteiger partial charge in [-0.2, -0.15) is 0 Å². The summed E-state index contributed by atoms with van der Waals surface area (Å²) in [6.07, 6.45) is 2.36. The molecule has 0 bridgehead atoms. The van der Waals surface area contributed by atoms with E-state index in [2.05, 4.69) is 30.0 Å². The zero-order chi connectivity index (χ0) is 13.1. The average molecular weight is 287 g/mol. The zero-order valence-electron chi connectivity index (χ0n) is 11.0. The Kier molecular flexibility index (Phi) is 4.77. The number of rotatable bonds is 3. The van der Waals surface area contributed by atoms with Crippen LogP contribution in [0.2, 0.25) is 5.02 Å². The Hall–Kier alpha value is -0.440. The molecule has 100 valence electrons. The first-order chi connectivity index (χ1) is 8.63. The maximum atomic E-state index is 6.33. The van der Waals surface area contributed by atoms with Crippen LogP contribution in [0.25, 0.3) is 0 Å². The minimum atomic E-state index is 0.517.